The van der Waals surface area contributed by atoms with Crippen LogP contribution in [-0.4, -0.2) is 41.4 Å². The van der Waals surface area contributed by atoms with Crippen molar-refractivity contribution < 1.29 is 14.6 Å². The fraction of sp³-hybridized carbons (Fsp3) is 0.500. The van der Waals surface area contributed by atoms with Gasteiger partial charge in [-0.2, -0.15) is 0 Å². The van der Waals surface area contributed by atoms with Crippen molar-refractivity contribution in [1.82, 2.24) is 4.98 Å². The van der Waals surface area contributed by atoms with E-state index in [1.54, 1.807) is 17.2 Å². The molecule has 90 valence electrons. The Kier molecular flexibility index (Phi) is 2.38. The van der Waals surface area contributed by atoms with Crippen LogP contribution in [0.3, 0.4) is 0 Å². The molecule has 17 heavy (non-hydrogen) atoms. The SMILES string of the molecule is O=C(N1CCc2ncccc21)C1(O)CCOC1. The molecule has 1 unspecified atom stereocenters. The standard InChI is InChI=1S/C12H14N2O3/c15-11(12(16)4-7-17-8-12)14-6-3-9-10(14)2-1-5-13-9/h1-2,5,16H,3-4,6-8H2. The van der Waals surface area contributed by atoms with E-state index in [2.05, 4.69) is 4.98 Å². The maximum atomic E-state index is 12.3. The molecular formula is C12H14N2O3. The molecule has 3 rings (SSSR count). The van der Waals surface area contributed by atoms with Crippen molar-refractivity contribution in [2.75, 3.05) is 24.7 Å². The second-order valence-corrected chi connectivity index (χ2v) is 4.51. The summed E-state index contributed by atoms with van der Waals surface area (Å²) in [6.45, 7) is 1.13. The molecule has 1 N–H and O–H groups in total. The highest BCUT2D eigenvalue weighted by molar-refractivity contribution is 6.01. The van der Waals surface area contributed by atoms with Gasteiger partial charge in [-0.25, -0.2) is 0 Å². The lowest BCUT2D eigenvalue weighted by Crippen LogP contribution is -2.49. The molecule has 0 radical (unpaired) electrons. The molecule has 0 saturated carbocycles. The summed E-state index contributed by atoms with van der Waals surface area (Å²) in [7, 11) is 0. The van der Waals surface area contributed by atoms with Crippen LogP contribution in [0, 0.1) is 0 Å². The minimum absolute atomic E-state index is 0.0952. The Bertz CT molecular complexity index is 455. The molecule has 5 nitrogen and oxygen atoms in total. The predicted octanol–water partition coefficient (Wildman–Crippen LogP) is 0.122. The second kappa shape index (κ2) is 3.78. The predicted molar refractivity (Wildman–Crippen MR) is 60.7 cm³/mol. The number of rotatable bonds is 1. The third-order valence-corrected chi connectivity index (χ3v) is 3.37. The largest absolute Gasteiger partial charge is 0.378 e. The van der Waals surface area contributed by atoms with Gasteiger partial charge in [-0.1, -0.05) is 0 Å². The number of fused-ring (bicyclic) bond motifs is 1. The van der Waals surface area contributed by atoms with Crippen LogP contribution in [0.15, 0.2) is 18.3 Å². The summed E-state index contributed by atoms with van der Waals surface area (Å²) < 4.78 is 5.12. The van der Waals surface area contributed by atoms with E-state index in [1.807, 2.05) is 6.07 Å². The Hall–Kier alpha value is -1.46. The topological polar surface area (TPSA) is 62.7 Å². The van der Waals surface area contributed by atoms with E-state index in [9.17, 15) is 9.90 Å². The lowest BCUT2D eigenvalue weighted by Gasteiger charge is -2.26. The molecule has 2 aliphatic heterocycles. The summed E-state index contributed by atoms with van der Waals surface area (Å²) in [5.74, 6) is -0.262. The summed E-state index contributed by atoms with van der Waals surface area (Å²) in [5, 5.41) is 10.2. The van der Waals surface area contributed by atoms with Gasteiger partial charge in [-0.15, -0.1) is 0 Å². The van der Waals surface area contributed by atoms with Crippen LogP contribution in [0.2, 0.25) is 0 Å². The van der Waals surface area contributed by atoms with E-state index >= 15 is 0 Å². The van der Waals surface area contributed by atoms with Crippen molar-refractivity contribution in [1.29, 1.82) is 0 Å². The van der Waals surface area contributed by atoms with E-state index in [0.717, 1.165) is 17.8 Å². The van der Waals surface area contributed by atoms with Gasteiger partial charge < -0.3 is 14.7 Å². The fourth-order valence-electron chi connectivity index (χ4n) is 2.39. The van der Waals surface area contributed by atoms with Crippen LogP contribution in [0.4, 0.5) is 5.69 Å². The van der Waals surface area contributed by atoms with Crippen molar-refractivity contribution in [3.8, 4) is 0 Å². The zero-order valence-electron chi connectivity index (χ0n) is 9.43. The van der Waals surface area contributed by atoms with Crippen LogP contribution in [0.25, 0.3) is 0 Å². The van der Waals surface area contributed by atoms with E-state index in [-0.39, 0.29) is 12.5 Å². The van der Waals surface area contributed by atoms with Crippen LogP contribution in [0.1, 0.15) is 12.1 Å². The monoisotopic (exact) mass is 234 g/mol. The molecule has 1 amide bonds. The van der Waals surface area contributed by atoms with Gasteiger partial charge in [0.15, 0.2) is 5.60 Å². The minimum Gasteiger partial charge on any atom is -0.378 e. The van der Waals surface area contributed by atoms with Crippen molar-refractivity contribution in [3.05, 3.63) is 24.0 Å². The van der Waals surface area contributed by atoms with Gasteiger partial charge >= 0.3 is 0 Å². The van der Waals surface area contributed by atoms with Gasteiger partial charge in [0.25, 0.3) is 5.91 Å². The number of amides is 1. The summed E-state index contributed by atoms with van der Waals surface area (Å²) >= 11 is 0. The van der Waals surface area contributed by atoms with Crippen LogP contribution < -0.4 is 4.90 Å². The molecule has 1 atom stereocenters. The number of aromatic nitrogens is 1. The molecular weight excluding hydrogens is 220 g/mol. The van der Waals surface area contributed by atoms with Crippen molar-refractivity contribution in [3.63, 3.8) is 0 Å². The first kappa shape index (κ1) is 10.7. The molecule has 1 aromatic heterocycles. The average Bonchev–Trinajstić information content (AvgIpc) is 2.95. The molecule has 0 spiro atoms. The summed E-state index contributed by atoms with van der Waals surface area (Å²) in [6.07, 6.45) is 2.84. The Balaban J connectivity index is 1.89. The maximum Gasteiger partial charge on any atom is 0.261 e. The highest BCUT2D eigenvalue weighted by Crippen LogP contribution is 2.30. The highest BCUT2D eigenvalue weighted by Gasteiger charge is 2.44. The number of ether oxygens (including phenoxy) is 1. The summed E-state index contributed by atoms with van der Waals surface area (Å²) in [6, 6.07) is 3.67. The van der Waals surface area contributed by atoms with E-state index in [1.165, 1.54) is 0 Å². The average molecular weight is 234 g/mol. The molecule has 0 aliphatic carbocycles. The Labute approximate surface area is 99.0 Å². The van der Waals surface area contributed by atoms with Gasteiger partial charge in [0.1, 0.15) is 0 Å². The van der Waals surface area contributed by atoms with E-state index < -0.39 is 5.60 Å². The zero-order valence-corrected chi connectivity index (χ0v) is 9.43. The van der Waals surface area contributed by atoms with Crippen LogP contribution >= 0.6 is 0 Å². The minimum atomic E-state index is -1.35. The Morgan fingerprint density at radius 1 is 1.59 bits per heavy atom. The highest BCUT2D eigenvalue weighted by atomic mass is 16.5. The zero-order chi connectivity index (χ0) is 11.9. The smallest absolute Gasteiger partial charge is 0.261 e. The van der Waals surface area contributed by atoms with Crippen molar-refractivity contribution in [2.24, 2.45) is 0 Å². The van der Waals surface area contributed by atoms with Gasteiger partial charge in [0, 0.05) is 25.6 Å². The first-order valence-corrected chi connectivity index (χ1v) is 5.77. The lowest BCUT2D eigenvalue weighted by atomic mass is 10.0. The second-order valence-electron chi connectivity index (χ2n) is 4.51. The number of pyridine rings is 1. The first-order valence-electron chi connectivity index (χ1n) is 5.77. The molecule has 0 aromatic carbocycles. The third-order valence-electron chi connectivity index (χ3n) is 3.37. The fourth-order valence-corrected chi connectivity index (χ4v) is 2.39. The van der Waals surface area contributed by atoms with Gasteiger partial charge in [-0.3, -0.25) is 9.78 Å². The number of aliphatic hydroxyl groups is 1. The Morgan fingerprint density at radius 2 is 2.47 bits per heavy atom. The molecule has 3 heterocycles. The number of carbonyl (C=O) groups excluding carboxylic acids is 1. The molecule has 5 heteroatoms. The number of hydrogen-bond donors (Lipinski definition) is 1. The van der Waals surface area contributed by atoms with Gasteiger partial charge in [0.05, 0.1) is 24.6 Å². The van der Waals surface area contributed by atoms with E-state index in [4.69, 9.17) is 4.74 Å². The van der Waals surface area contributed by atoms with Crippen LogP contribution in [-0.2, 0) is 16.0 Å². The lowest BCUT2D eigenvalue weighted by molar-refractivity contribution is -0.136. The third kappa shape index (κ3) is 1.62. The maximum absolute atomic E-state index is 12.3. The number of hydrogen-bond acceptors (Lipinski definition) is 4. The molecule has 0 bridgehead atoms. The number of nitrogens with zero attached hydrogens (tertiary/aromatic N) is 2. The number of anilines is 1. The van der Waals surface area contributed by atoms with Gasteiger partial charge in [0.2, 0.25) is 0 Å². The molecule has 1 fully saturated rings. The summed E-state index contributed by atoms with van der Waals surface area (Å²) in [4.78, 5) is 18.2. The van der Waals surface area contributed by atoms with Crippen molar-refractivity contribution in [2.45, 2.75) is 18.4 Å². The summed E-state index contributed by atoms with van der Waals surface area (Å²) in [5.41, 5.74) is 0.387. The molecule has 1 aromatic rings. The van der Waals surface area contributed by atoms with E-state index in [0.29, 0.717) is 19.6 Å². The quantitative estimate of drug-likeness (QED) is 0.749. The molecule has 2 aliphatic rings. The van der Waals surface area contributed by atoms with Crippen LogP contribution in [0.5, 0.6) is 0 Å². The first-order chi connectivity index (χ1) is 8.21. The Morgan fingerprint density at radius 3 is 3.24 bits per heavy atom. The molecule has 1 saturated heterocycles. The normalized spacial score (nSPS) is 27.2. The number of carbonyl (C=O) groups is 1. The van der Waals surface area contributed by atoms with Gasteiger partial charge in [-0.05, 0) is 12.1 Å². The van der Waals surface area contributed by atoms with Crippen molar-refractivity contribution >= 4 is 11.6 Å².